The van der Waals surface area contributed by atoms with Crippen LogP contribution in [0.5, 0.6) is 0 Å². The van der Waals surface area contributed by atoms with Gasteiger partial charge in [-0.15, -0.1) is 0 Å². The highest BCUT2D eigenvalue weighted by molar-refractivity contribution is 5.72. The molecule has 0 aromatic carbocycles. The Balaban J connectivity index is 1.93. The molecule has 186 valence electrons. The van der Waals surface area contributed by atoms with E-state index in [1.54, 1.807) is 6.92 Å². The number of hydrogen-bond acceptors (Lipinski definition) is 2. The topological polar surface area (TPSA) is 41.1 Å². The third-order valence-electron chi connectivity index (χ3n) is 6.99. The van der Waals surface area contributed by atoms with Crippen LogP contribution in [0.25, 0.3) is 0 Å². The highest BCUT2D eigenvalue weighted by atomic mass is 16.1. The molecule has 1 heterocycles. The second-order valence-corrected chi connectivity index (χ2v) is 9.70. The first-order valence-corrected chi connectivity index (χ1v) is 13.8. The average molecular weight is 449 g/mol. The maximum atomic E-state index is 11.2. The number of hydrogen-bond donors (Lipinski definition) is 2. The van der Waals surface area contributed by atoms with E-state index in [2.05, 4.69) is 49.0 Å². The van der Waals surface area contributed by atoms with Crippen molar-refractivity contribution < 1.29 is 9.28 Å². The van der Waals surface area contributed by atoms with E-state index in [0.29, 0.717) is 6.17 Å². The number of allylic oxidation sites excluding steroid dienone is 2. The summed E-state index contributed by atoms with van der Waals surface area (Å²) in [6.45, 7) is 8.89. The van der Waals surface area contributed by atoms with E-state index in [4.69, 9.17) is 0 Å². The molecule has 4 heteroatoms. The molecule has 2 atom stereocenters. The zero-order chi connectivity index (χ0) is 23.3. The van der Waals surface area contributed by atoms with Gasteiger partial charge < -0.3 is 10.6 Å². The second kappa shape index (κ2) is 19.2. The Hall–Kier alpha value is -1.29. The lowest BCUT2D eigenvalue weighted by Gasteiger charge is -2.37. The van der Waals surface area contributed by atoms with E-state index in [0.717, 1.165) is 24.1 Å². The fraction of sp³-hybridized carbons (Fsp3) is 0.821. The molecule has 1 rings (SSSR count). The molecule has 32 heavy (non-hydrogen) atoms. The van der Waals surface area contributed by atoms with Crippen LogP contribution in [0, 0.1) is 0 Å². The molecule has 0 fully saturated rings. The summed E-state index contributed by atoms with van der Waals surface area (Å²) in [6, 6.07) is 0. The average Bonchev–Trinajstić information content (AvgIpc) is 3.18. The van der Waals surface area contributed by atoms with Gasteiger partial charge in [0.1, 0.15) is 12.7 Å². The van der Waals surface area contributed by atoms with Gasteiger partial charge in [-0.25, -0.2) is 0 Å². The third-order valence-corrected chi connectivity index (χ3v) is 6.99. The molecule has 0 aliphatic carbocycles. The maximum absolute atomic E-state index is 11.2. The molecule has 0 saturated carbocycles. The molecule has 0 spiro atoms. The quantitative estimate of drug-likeness (QED) is 0.111. The van der Waals surface area contributed by atoms with Crippen molar-refractivity contribution in [1.82, 2.24) is 10.6 Å². The highest BCUT2D eigenvalue weighted by Gasteiger charge is 2.36. The zero-order valence-corrected chi connectivity index (χ0v) is 21.7. The number of amides is 1. The predicted octanol–water partition coefficient (Wildman–Crippen LogP) is 7.18. The number of rotatable bonds is 21. The molecule has 0 bridgehead atoms. The summed E-state index contributed by atoms with van der Waals surface area (Å²) in [5, 5.41) is 6.53. The Labute approximate surface area is 199 Å². The minimum atomic E-state index is 0.0674. The Kier molecular flexibility index (Phi) is 17.2. The van der Waals surface area contributed by atoms with Gasteiger partial charge in [-0.3, -0.25) is 9.28 Å². The number of likely N-dealkylation sites (N-methyl/N-ethyl adjacent to an activating group) is 1. The first-order valence-electron chi connectivity index (χ1n) is 13.8. The number of carbonyl (C=O) groups is 1. The number of carbonyl (C=O) groups excluding carboxylic acids is 1. The summed E-state index contributed by atoms with van der Waals surface area (Å²) in [6.07, 6.45) is 31.4. The third kappa shape index (κ3) is 13.3. The lowest BCUT2D eigenvalue weighted by Crippen LogP contribution is -2.55. The van der Waals surface area contributed by atoms with E-state index in [9.17, 15) is 4.79 Å². The molecule has 1 amide bonds. The number of nitrogens with zero attached hydrogens (tertiary/aromatic N) is 1. The van der Waals surface area contributed by atoms with Gasteiger partial charge in [-0.05, 0) is 32.6 Å². The predicted molar refractivity (Wildman–Crippen MR) is 139 cm³/mol. The molecular formula is C28H54N3O+. The summed E-state index contributed by atoms with van der Waals surface area (Å²) < 4.78 is 0.954. The Morgan fingerprint density at radius 2 is 1.44 bits per heavy atom. The number of quaternary nitrogens is 1. The van der Waals surface area contributed by atoms with E-state index >= 15 is 0 Å². The van der Waals surface area contributed by atoms with Crippen LogP contribution in [0.2, 0.25) is 0 Å². The fourth-order valence-electron chi connectivity index (χ4n) is 4.82. The molecule has 2 unspecified atom stereocenters. The van der Waals surface area contributed by atoms with Gasteiger partial charge in [0, 0.05) is 13.3 Å². The first-order chi connectivity index (χ1) is 15.6. The van der Waals surface area contributed by atoms with Crippen LogP contribution in [0.15, 0.2) is 24.6 Å². The van der Waals surface area contributed by atoms with Gasteiger partial charge in [0.15, 0.2) is 6.17 Å². The van der Waals surface area contributed by atoms with Gasteiger partial charge in [0.05, 0.1) is 19.3 Å². The van der Waals surface area contributed by atoms with Crippen molar-refractivity contribution in [2.45, 2.75) is 130 Å². The van der Waals surface area contributed by atoms with Crippen LogP contribution in [-0.2, 0) is 4.79 Å². The van der Waals surface area contributed by atoms with Crippen molar-refractivity contribution in [3.8, 4) is 0 Å². The van der Waals surface area contributed by atoms with E-state index in [1.807, 2.05) is 0 Å². The SMILES string of the molecule is CCC/C=C/CCCCCCCCCCCCCCC1NC=C[N+]1(CC)CCNC(C)=O. The molecule has 0 aromatic rings. The van der Waals surface area contributed by atoms with Gasteiger partial charge >= 0.3 is 0 Å². The molecule has 4 nitrogen and oxygen atoms in total. The summed E-state index contributed by atoms with van der Waals surface area (Å²) in [5.74, 6) is 0.0674. The Morgan fingerprint density at radius 1 is 0.875 bits per heavy atom. The van der Waals surface area contributed by atoms with Gasteiger partial charge in [-0.1, -0.05) is 89.7 Å². The molecular weight excluding hydrogens is 394 g/mol. The zero-order valence-electron chi connectivity index (χ0n) is 21.7. The van der Waals surface area contributed by atoms with Gasteiger partial charge in [-0.2, -0.15) is 0 Å². The first kappa shape index (κ1) is 28.7. The van der Waals surface area contributed by atoms with E-state index in [1.165, 1.54) is 103 Å². The largest absolute Gasteiger partial charge is 0.351 e. The van der Waals surface area contributed by atoms with Crippen LogP contribution in [-0.4, -0.2) is 36.2 Å². The van der Waals surface area contributed by atoms with Crippen LogP contribution in [0.4, 0.5) is 0 Å². The smallest absolute Gasteiger partial charge is 0.217 e. The van der Waals surface area contributed by atoms with Crippen molar-refractivity contribution in [2.75, 3.05) is 19.6 Å². The van der Waals surface area contributed by atoms with E-state index in [-0.39, 0.29) is 5.91 Å². The van der Waals surface area contributed by atoms with Gasteiger partial charge in [0.2, 0.25) is 5.91 Å². The highest BCUT2D eigenvalue weighted by Crippen LogP contribution is 2.23. The van der Waals surface area contributed by atoms with Crippen molar-refractivity contribution in [3.05, 3.63) is 24.6 Å². The van der Waals surface area contributed by atoms with Crippen LogP contribution >= 0.6 is 0 Å². The minimum absolute atomic E-state index is 0.0674. The molecule has 1 aliphatic heterocycles. The fourth-order valence-corrected chi connectivity index (χ4v) is 4.82. The van der Waals surface area contributed by atoms with Crippen LogP contribution in [0.3, 0.4) is 0 Å². The van der Waals surface area contributed by atoms with Crippen molar-refractivity contribution >= 4 is 5.91 Å². The molecule has 0 radical (unpaired) electrons. The summed E-state index contributed by atoms with van der Waals surface area (Å²) >= 11 is 0. The lowest BCUT2D eigenvalue weighted by molar-refractivity contribution is -0.898. The second-order valence-electron chi connectivity index (χ2n) is 9.70. The standard InChI is InChI=1S/C28H53N3O/c1-4-6-7-8-9-10-11-12-13-14-15-16-17-18-19-20-21-22-28-30-24-26-31(28,5-2)25-23-29-27(3)32/h7-8,24,26,28,30H,4-6,9-23,25H2,1-3H3/p+1/b8-7+. The molecule has 0 aromatic heterocycles. The minimum Gasteiger partial charge on any atom is -0.351 e. The maximum Gasteiger partial charge on any atom is 0.217 e. The molecule has 1 aliphatic rings. The molecule has 2 N–H and O–H groups in total. The van der Waals surface area contributed by atoms with E-state index < -0.39 is 0 Å². The van der Waals surface area contributed by atoms with Crippen molar-refractivity contribution in [1.29, 1.82) is 0 Å². The van der Waals surface area contributed by atoms with Gasteiger partial charge in [0.25, 0.3) is 0 Å². The number of nitrogens with one attached hydrogen (secondary N) is 2. The van der Waals surface area contributed by atoms with Crippen molar-refractivity contribution in [3.63, 3.8) is 0 Å². The van der Waals surface area contributed by atoms with Crippen molar-refractivity contribution in [2.24, 2.45) is 0 Å². The van der Waals surface area contributed by atoms with Crippen LogP contribution < -0.4 is 10.6 Å². The summed E-state index contributed by atoms with van der Waals surface area (Å²) in [5.41, 5.74) is 0. The summed E-state index contributed by atoms with van der Waals surface area (Å²) in [7, 11) is 0. The monoisotopic (exact) mass is 448 g/mol. The lowest BCUT2D eigenvalue weighted by atomic mass is 10.0. The van der Waals surface area contributed by atoms with Crippen LogP contribution in [0.1, 0.15) is 124 Å². The molecule has 0 saturated heterocycles. The normalized spacial score (nSPS) is 20.2. The summed E-state index contributed by atoms with van der Waals surface area (Å²) in [4.78, 5) is 11.2. The Morgan fingerprint density at radius 3 is 2.00 bits per heavy atom. The number of unbranched alkanes of at least 4 members (excludes halogenated alkanes) is 13. The Bertz CT molecular complexity index is 517.